The SMILES string of the molecule is CCN(CC)c1nc(Cl)nc(N(CCO)C2CCC2)n1. The lowest BCUT2D eigenvalue weighted by molar-refractivity contribution is 0.282. The summed E-state index contributed by atoms with van der Waals surface area (Å²) in [5.41, 5.74) is 0. The Labute approximate surface area is 124 Å². The smallest absolute Gasteiger partial charge is 0.231 e. The van der Waals surface area contributed by atoms with Crippen LogP contribution in [0.4, 0.5) is 11.9 Å². The maximum absolute atomic E-state index is 9.25. The lowest BCUT2D eigenvalue weighted by atomic mass is 9.92. The highest BCUT2D eigenvalue weighted by molar-refractivity contribution is 6.28. The largest absolute Gasteiger partial charge is 0.395 e. The second-order valence-electron chi connectivity index (χ2n) is 4.88. The van der Waals surface area contributed by atoms with E-state index in [9.17, 15) is 5.11 Å². The van der Waals surface area contributed by atoms with Gasteiger partial charge in [-0.1, -0.05) is 0 Å². The molecule has 0 saturated heterocycles. The molecule has 1 heterocycles. The van der Waals surface area contributed by atoms with E-state index < -0.39 is 0 Å². The van der Waals surface area contributed by atoms with E-state index in [4.69, 9.17) is 11.6 Å². The molecule has 112 valence electrons. The Kier molecular flexibility index (Phi) is 5.37. The average molecular weight is 300 g/mol. The van der Waals surface area contributed by atoms with Gasteiger partial charge in [0.25, 0.3) is 0 Å². The summed E-state index contributed by atoms with van der Waals surface area (Å²) in [5.74, 6) is 1.18. The van der Waals surface area contributed by atoms with Gasteiger partial charge in [-0.3, -0.25) is 0 Å². The molecule has 0 amide bonds. The molecular weight excluding hydrogens is 278 g/mol. The predicted molar refractivity (Wildman–Crippen MR) is 80.5 cm³/mol. The van der Waals surface area contributed by atoms with Crippen LogP contribution in [0, 0.1) is 0 Å². The van der Waals surface area contributed by atoms with E-state index in [1.54, 1.807) is 0 Å². The number of rotatable bonds is 7. The highest BCUT2D eigenvalue weighted by Gasteiger charge is 2.27. The van der Waals surface area contributed by atoms with Gasteiger partial charge in [0.05, 0.1) is 6.61 Å². The number of halogens is 1. The van der Waals surface area contributed by atoms with Crippen LogP contribution in [0.25, 0.3) is 0 Å². The van der Waals surface area contributed by atoms with Gasteiger partial charge in [0.15, 0.2) is 0 Å². The van der Waals surface area contributed by atoms with Gasteiger partial charge in [-0.25, -0.2) is 0 Å². The third kappa shape index (κ3) is 3.30. The lowest BCUT2D eigenvalue weighted by Crippen LogP contribution is -2.43. The summed E-state index contributed by atoms with van der Waals surface area (Å²) >= 11 is 6.04. The standard InChI is InChI=1S/C13H22ClN5O/c1-3-18(4-2)12-15-11(14)16-13(17-12)19(8-9-20)10-6-5-7-10/h10,20H,3-9H2,1-2H3. The maximum atomic E-state index is 9.25. The van der Waals surface area contributed by atoms with Crippen molar-refractivity contribution in [2.45, 2.75) is 39.2 Å². The molecule has 7 heteroatoms. The highest BCUT2D eigenvalue weighted by atomic mass is 35.5. The number of aliphatic hydroxyl groups is 1. The normalized spacial score (nSPS) is 15.0. The van der Waals surface area contributed by atoms with E-state index >= 15 is 0 Å². The molecule has 1 aliphatic carbocycles. The highest BCUT2D eigenvalue weighted by Crippen LogP contribution is 2.28. The first-order valence-electron chi connectivity index (χ1n) is 7.23. The zero-order valence-electron chi connectivity index (χ0n) is 12.1. The zero-order valence-corrected chi connectivity index (χ0v) is 12.8. The molecule has 1 N–H and O–H groups in total. The molecule has 1 fully saturated rings. The Balaban J connectivity index is 2.28. The van der Waals surface area contributed by atoms with Gasteiger partial charge in [0, 0.05) is 25.7 Å². The summed E-state index contributed by atoms with van der Waals surface area (Å²) in [6.45, 7) is 6.36. The fourth-order valence-electron chi connectivity index (χ4n) is 2.36. The molecule has 2 rings (SSSR count). The minimum atomic E-state index is 0.0837. The van der Waals surface area contributed by atoms with E-state index in [1.807, 2.05) is 9.80 Å². The molecule has 0 aromatic carbocycles. The van der Waals surface area contributed by atoms with Crippen molar-refractivity contribution in [3.8, 4) is 0 Å². The van der Waals surface area contributed by atoms with Crippen molar-refractivity contribution in [2.75, 3.05) is 36.0 Å². The van der Waals surface area contributed by atoms with Gasteiger partial charge < -0.3 is 14.9 Å². The van der Waals surface area contributed by atoms with Crippen LogP contribution in [0.3, 0.4) is 0 Å². The van der Waals surface area contributed by atoms with Gasteiger partial charge in [0.1, 0.15) is 0 Å². The van der Waals surface area contributed by atoms with Crippen molar-refractivity contribution in [1.29, 1.82) is 0 Å². The molecule has 0 atom stereocenters. The van der Waals surface area contributed by atoms with Crippen LogP contribution in [0.15, 0.2) is 0 Å². The van der Waals surface area contributed by atoms with Crippen molar-refractivity contribution in [1.82, 2.24) is 15.0 Å². The topological polar surface area (TPSA) is 65.4 Å². The second-order valence-corrected chi connectivity index (χ2v) is 5.22. The Morgan fingerprint density at radius 1 is 1.15 bits per heavy atom. The molecule has 6 nitrogen and oxygen atoms in total. The summed E-state index contributed by atoms with van der Waals surface area (Å²) in [4.78, 5) is 17.1. The molecule has 0 aliphatic heterocycles. The van der Waals surface area contributed by atoms with Crippen LogP contribution in [-0.2, 0) is 0 Å². The van der Waals surface area contributed by atoms with Crippen molar-refractivity contribution in [2.24, 2.45) is 0 Å². The molecule has 0 unspecified atom stereocenters. The van der Waals surface area contributed by atoms with Crippen LogP contribution in [0.5, 0.6) is 0 Å². The summed E-state index contributed by atoms with van der Waals surface area (Å²) in [6, 6.07) is 0.408. The summed E-state index contributed by atoms with van der Waals surface area (Å²) in [5, 5.41) is 9.46. The number of nitrogens with zero attached hydrogens (tertiary/aromatic N) is 5. The first kappa shape index (κ1) is 15.3. The molecule has 1 aliphatic rings. The summed E-state index contributed by atoms with van der Waals surface area (Å²) < 4.78 is 0. The van der Waals surface area contributed by atoms with E-state index in [2.05, 4.69) is 28.8 Å². The van der Waals surface area contributed by atoms with Crippen LogP contribution in [0.1, 0.15) is 33.1 Å². The van der Waals surface area contributed by atoms with Gasteiger partial charge in [-0.15, -0.1) is 0 Å². The molecule has 20 heavy (non-hydrogen) atoms. The fourth-order valence-corrected chi connectivity index (χ4v) is 2.51. The number of hydrogen-bond donors (Lipinski definition) is 1. The van der Waals surface area contributed by atoms with Crippen molar-refractivity contribution in [3.63, 3.8) is 0 Å². The number of aromatic nitrogens is 3. The van der Waals surface area contributed by atoms with E-state index in [0.29, 0.717) is 24.5 Å². The molecule has 1 aromatic heterocycles. The van der Waals surface area contributed by atoms with E-state index in [1.165, 1.54) is 6.42 Å². The van der Waals surface area contributed by atoms with Crippen molar-refractivity contribution in [3.05, 3.63) is 5.28 Å². The van der Waals surface area contributed by atoms with Gasteiger partial charge in [-0.2, -0.15) is 15.0 Å². The average Bonchev–Trinajstić information content (AvgIpc) is 2.37. The lowest BCUT2D eigenvalue weighted by Gasteiger charge is -2.37. The van der Waals surface area contributed by atoms with Gasteiger partial charge >= 0.3 is 0 Å². The molecule has 0 spiro atoms. The van der Waals surface area contributed by atoms with Crippen LogP contribution in [0.2, 0.25) is 5.28 Å². The Morgan fingerprint density at radius 3 is 2.30 bits per heavy atom. The maximum Gasteiger partial charge on any atom is 0.231 e. The Bertz CT molecular complexity index is 437. The summed E-state index contributed by atoms with van der Waals surface area (Å²) in [7, 11) is 0. The molecular formula is C13H22ClN5O. The second kappa shape index (κ2) is 7.04. The summed E-state index contributed by atoms with van der Waals surface area (Å²) in [6.07, 6.45) is 3.45. The van der Waals surface area contributed by atoms with Crippen LogP contribution in [-0.4, -0.2) is 52.3 Å². The van der Waals surface area contributed by atoms with Crippen molar-refractivity contribution >= 4 is 23.5 Å². The molecule has 1 saturated carbocycles. The minimum absolute atomic E-state index is 0.0837. The first-order valence-corrected chi connectivity index (χ1v) is 7.61. The third-order valence-corrected chi connectivity index (χ3v) is 3.91. The Hall–Kier alpha value is -1.14. The third-order valence-electron chi connectivity index (χ3n) is 3.74. The monoisotopic (exact) mass is 299 g/mol. The minimum Gasteiger partial charge on any atom is -0.395 e. The number of anilines is 2. The fraction of sp³-hybridized carbons (Fsp3) is 0.769. The number of hydrogen-bond acceptors (Lipinski definition) is 6. The van der Waals surface area contributed by atoms with E-state index in [-0.39, 0.29) is 11.9 Å². The quantitative estimate of drug-likeness (QED) is 0.827. The van der Waals surface area contributed by atoms with E-state index in [0.717, 1.165) is 25.9 Å². The predicted octanol–water partition coefficient (Wildman–Crippen LogP) is 1.72. The van der Waals surface area contributed by atoms with Gasteiger partial charge in [-0.05, 0) is 44.7 Å². The molecule has 1 aromatic rings. The molecule has 0 radical (unpaired) electrons. The zero-order chi connectivity index (χ0) is 14.5. The van der Waals surface area contributed by atoms with Crippen molar-refractivity contribution < 1.29 is 5.11 Å². The van der Waals surface area contributed by atoms with Crippen LogP contribution >= 0.6 is 11.6 Å². The Morgan fingerprint density at radius 2 is 1.80 bits per heavy atom. The molecule has 0 bridgehead atoms. The van der Waals surface area contributed by atoms with Gasteiger partial charge in [0.2, 0.25) is 17.2 Å². The first-order chi connectivity index (χ1) is 9.69. The van der Waals surface area contributed by atoms with Crippen LogP contribution < -0.4 is 9.80 Å². The number of aliphatic hydroxyl groups excluding tert-OH is 1.